The van der Waals surface area contributed by atoms with E-state index in [9.17, 15) is 0 Å². The van der Waals surface area contributed by atoms with Gasteiger partial charge in [0.1, 0.15) is 11.9 Å². The molecule has 2 N–H and O–H groups in total. The zero-order valence-corrected chi connectivity index (χ0v) is 15.3. The van der Waals surface area contributed by atoms with Gasteiger partial charge >= 0.3 is 0 Å². The molecule has 0 bridgehead atoms. The van der Waals surface area contributed by atoms with Gasteiger partial charge in [-0.2, -0.15) is 0 Å². The summed E-state index contributed by atoms with van der Waals surface area (Å²) in [4.78, 5) is 4.21. The number of nitrogens with one attached hydrogen (secondary N) is 2. The number of nitrogens with zero attached hydrogens (tertiary/aromatic N) is 1. The van der Waals surface area contributed by atoms with Crippen molar-refractivity contribution in [3.8, 4) is 5.75 Å². The fourth-order valence-corrected chi connectivity index (χ4v) is 2.05. The number of ether oxygens (including phenoxy) is 3. The summed E-state index contributed by atoms with van der Waals surface area (Å²) in [5.41, 5.74) is 1.19. The van der Waals surface area contributed by atoms with Gasteiger partial charge in [0.15, 0.2) is 5.96 Å². The van der Waals surface area contributed by atoms with E-state index in [0.717, 1.165) is 24.7 Å². The third-order valence-corrected chi connectivity index (χ3v) is 3.30. The Morgan fingerprint density at radius 3 is 2.75 bits per heavy atom. The summed E-state index contributed by atoms with van der Waals surface area (Å²) in [6.07, 6.45) is 0.961. The standard InChI is InChI=1S/C18H31N3O3/c1-15-7-5-8-17(13-15)24-16(2)14-21-18(19-3)20-9-6-10-23-12-11-22-4/h5,7-8,13,16H,6,9-12,14H2,1-4H3,(H2,19,20,21). The second-order valence-corrected chi connectivity index (χ2v) is 5.58. The van der Waals surface area contributed by atoms with Gasteiger partial charge in [0.2, 0.25) is 0 Å². The maximum absolute atomic E-state index is 5.89. The van der Waals surface area contributed by atoms with Crippen LogP contribution in [0.4, 0.5) is 0 Å². The van der Waals surface area contributed by atoms with Crippen LogP contribution in [0.5, 0.6) is 5.75 Å². The van der Waals surface area contributed by atoms with E-state index < -0.39 is 0 Å². The summed E-state index contributed by atoms with van der Waals surface area (Å²) in [6, 6.07) is 8.06. The van der Waals surface area contributed by atoms with Crippen molar-refractivity contribution >= 4 is 5.96 Å². The first-order chi connectivity index (χ1) is 11.7. The number of aliphatic imine (C=N–C) groups is 1. The van der Waals surface area contributed by atoms with Gasteiger partial charge in [-0.1, -0.05) is 12.1 Å². The molecule has 1 unspecified atom stereocenters. The van der Waals surface area contributed by atoms with Crippen LogP contribution < -0.4 is 15.4 Å². The predicted octanol–water partition coefficient (Wildman–Crippen LogP) is 1.98. The summed E-state index contributed by atoms with van der Waals surface area (Å²) in [6.45, 7) is 7.55. The van der Waals surface area contributed by atoms with Gasteiger partial charge in [-0.3, -0.25) is 4.99 Å². The van der Waals surface area contributed by atoms with Crippen LogP contribution in [-0.2, 0) is 9.47 Å². The minimum absolute atomic E-state index is 0.0442. The lowest BCUT2D eigenvalue weighted by Crippen LogP contribution is -2.42. The molecule has 0 aliphatic carbocycles. The average Bonchev–Trinajstić information content (AvgIpc) is 2.56. The quantitative estimate of drug-likeness (QED) is 0.367. The number of hydrogen-bond acceptors (Lipinski definition) is 4. The van der Waals surface area contributed by atoms with Gasteiger partial charge in [-0.05, 0) is 38.0 Å². The predicted molar refractivity (Wildman–Crippen MR) is 97.9 cm³/mol. The van der Waals surface area contributed by atoms with E-state index in [2.05, 4.69) is 28.6 Å². The summed E-state index contributed by atoms with van der Waals surface area (Å²) < 4.78 is 16.2. The van der Waals surface area contributed by atoms with E-state index in [0.29, 0.717) is 26.4 Å². The number of aryl methyl sites for hydroxylation is 1. The first-order valence-corrected chi connectivity index (χ1v) is 8.40. The van der Waals surface area contributed by atoms with Crippen molar-refractivity contribution in [3.63, 3.8) is 0 Å². The Hall–Kier alpha value is -1.79. The summed E-state index contributed by atoms with van der Waals surface area (Å²) in [5.74, 6) is 1.66. The molecule has 0 fully saturated rings. The third-order valence-electron chi connectivity index (χ3n) is 3.30. The van der Waals surface area contributed by atoms with Crippen molar-refractivity contribution in [2.75, 3.05) is 47.1 Å². The average molecular weight is 337 g/mol. The maximum Gasteiger partial charge on any atom is 0.191 e. The molecule has 0 amide bonds. The normalized spacial score (nSPS) is 12.8. The van der Waals surface area contributed by atoms with Crippen molar-refractivity contribution in [2.45, 2.75) is 26.4 Å². The van der Waals surface area contributed by atoms with Crippen LogP contribution in [-0.4, -0.2) is 59.1 Å². The number of hydrogen-bond donors (Lipinski definition) is 2. The van der Waals surface area contributed by atoms with E-state index in [-0.39, 0.29) is 6.10 Å². The molecule has 0 aliphatic heterocycles. The van der Waals surface area contributed by atoms with E-state index >= 15 is 0 Å². The second-order valence-electron chi connectivity index (χ2n) is 5.58. The van der Waals surface area contributed by atoms with Crippen LogP contribution in [0.2, 0.25) is 0 Å². The number of methoxy groups -OCH3 is 1. The SMILES string of the molecule is CN=C(NCCCOCCOC)NCC(C)Oc1cccc(C)c1. The molecule has 24 heavy (non-hydrogen) atoms. The Balaban J connectivity index is 2.16. The van der Waals surface area contributed by atoms with Crippen LogP contribution in [0.25, 0.3) is 0 Å². The molecular weight excluding hydrogens is 306 g/mol. The van der Waals surface area contributed by atoms with Gasteiger partial charge in [0, 0.05) is 27.3 Å². The Morgan fingerprint density at radius 2 is 2.04 bits per heavy atom. The summed E-state index contributed by atoms with van der Waals surface area (Å²) in [5, 5.41) is 6.53. The van der Waals surface area contributed by atoms with Crippen molar-refractivity contribution in [1.29, 1.82) is 0 Å². The number of benzene rings is 1. The molecule has 0 saturated carbocycles. The fourth-order valence-electron chi connectivity index (χ4n) is 2.05. The molecule has 0 aromatic heterocycles. The largest absolute Gasteiger partial charge is 0.489 e. The number of guanidine groups is 1. The van der Waals surface area contributed by atoms with Gasteiger partial charge in [-0.25, -0.2) is 0 Å². The molecule has 136 valence electrons. The molecule has 1 atom stereocenters. The molecule has 1 aromatic carbocycles. The monoisotopic (exact) mass is 337 g/mol. The zero-order chi connectivity index (χ0) is 17.6. The van der Waals surface area contributed by atoms with Crippen molar-refractivity contribution < 1.29 is 14.2 Å². The van der Waals surface area contributed by atoms with E-state index in [4.69, 9.17) is 14.2 Å². The smallest absolute Gasteiger partial charge is 0.191 e. The molecular formula is C18H31N3O3. The third kappa shape index (κ3) is 9.37. The molecule has 0 saturated heterocycles. The Kier molecular flexibility index (Phi) is 10.6. The lowest BCUT2D eigenvalue weighted by atomic mass is 10.2. The highest BCUT2D eigenvalue weighted by atomic mass is 16.5. The first kappa shape index (κ1) is 20.3. The van der Waals surface area contributed by atoms with Crippen LogP contribution in [0, 0.1) is 6.92 Å². The Bertz CT molecular complexity index is 480. The molecule has 1 aromatic rings. The minimum atomic E-state index is 0.0442. The van der Waals surface area contributed by atoms with Crippen LogP contribution in [0.3, 0.4) is 0 Å². The molecule has 0 aliphatic rings. The van der Waals surface area contributed by atoms with Gasteiger partial charge in [0.25, 0.3) is 0 Å². The highest BCUT2D eigenvalue weighted by Gasteiger charge is 2.05. The van der Waals surface area contributed by atoms with Crippen molar-refractivity contribution in [3.05, 3.63) is 29.8 Å². The Morgan fingerprint density at radius 1 is 1.21 bits per heavy atom. The van der Waals surface area contributed by atoms with Crippen molar-refractivity contribution in [1.82, 2.24) is 10.6 Å². The van der Waals surface area contributed by atoms with Crippen molar-refractivity contribution in [2.24, 2.45) is 4.99 Å². The van der Waals surface area contributed by atoms with Crippen LogP contribution >= 0.6 is 0 Å². The lowest BCUT2D eigenvalue weighted by Gasteiger charge is -2.18. The van der Waals surface area contributed by atoms with Crippen LogP contribution in [0.1, 0.15) is 18.9 Å². The van der Waals surface area contributed by atoms with Gasteiger partial charge in [-0.15, -0.1) is 0 Å². The lowest BCUT2D eigenvalue weighted by molar-refractivity contribution is 0.0698. The highest BCUT2D eigenvalue weighted by Crippen LogP contribution is 2.13. The summed E-state index contributed by atoms with van der Waals surface area (Å²) in [7, 11) is 3.43. The minimum Gasteiger partial charge on any atom is -0.489 e. The molecule has 6 nitrogen and oxygen atoms in total. The van der Waals surface area contributed by atoms with E-state index in [1.165, 1.54) is 5.56 Å². The highest BCUT2D eigenvalue weighted by molar-refractivity contribution is 5.79. The molecule has 1 rings (SSSR count). The fraction of sp³-hybridized carbons (Fsp3) is 0.611. The molecule has 0 radical (unpaired) electrons. The maximum atomic E-state index is 5.89. The zero-order valence-electron chi connectivity index (χ0n) is 15.3. The van der Waals surface area contributed by atoms with Crippen LogP contribution in [0.15, 0.2) is 29.3 Å². The van der Waals surface area contributed by atoms with Gasteiger partial charge in [0.05, 0.1) is 19.8 Å². The molecule has 0 spiro atoms. The second kappa shape index (κ2) is 12.6. The molecule has 0 heterocycles. The summed E-state index contributed by atoms with van der Waals surface area (Å²) >= 11 is 0. The topological polar surface area (TPSA) is 64.1 Å². The Labute approximate surface area is 145 Å². The van der Waals surface area contributed by atoms with Gasteiger partial charge < -0.3 is 24.8 Å². The van der Waals surface area contributed by atoms with E-state index in [1.807, 2.05) is 25.1 Å². The molecule has 6 heteroatoms. The number of rotatable bonds is 11. The van der Waals surface area contributed by atoms with E-state index in [1.54, 1.807) is 14.2 Å². The first-order valence-electron chi connectivity index (χ1n) is 8.40.